The maximum absolute atomic E-state index is 12.6. The van der Waals surface area contributed by atoms with E-state index in [-0.39, 0.29) is 11.7 Å². The fraction of sp³-hybridized carbons (Fsp3) is 0.0588. The number of fused-ring (bicyclic) bond motifs is 2. The fourth-order valence-corrected chi connectivity index (χ4v) is 2.64. The van der Waals surface area contributed by atoms with E-state index in [0.717, 1.165) is 6.08 Å². The van der Waals surface area contributed by atoms with Crippen LogP contribution in [-0.4, -0.2) is 29.1 Å². The number of carbonyl (C=O) groups is 2. The van der Waals surface area contributed by atoms with Crippen LogP contribution in [0.2, 0.25) is 0 Å². The third-order valence-electron chi connectivity index (χ3n) is 3.65. The van der Waals surface area contributed by atoms with Gasteiger partial charge in [0.2, 0.25) is 0 Å². The lowest BCUT2D eigenvalue weighted by Gasteiger charge is -2.18. The zero-order valence-corrected chi connectivity index (χ0v) is 11.8. The second-order valence-electron chi connectivity index (χ2n) is 5.01. The van der Waals surface area contributed by atoms with Crippen molar-refractivity contribution in [2.75, 3.05) is 11.9 Å². The standard InChI is InChI=1S/C17H13NO4/c1-18-15-8-10(19)6-7-12(15)14(9-16(20)21)11-4-2-3-5-13(11)17(18)22/h2-9,19H,1H3,(H,20,21)/b14-9+. The molecule has 2 aromatic carbocycles. The zero-order chi connectivity index (χ0) is 15.9. The van der Waals surface area contributed by atoms with E-state index >= 15 is 0 Å². The van der Waals surface area contributed by atoms with Gasteiger partial charge in [-0.1, -0.05) is 18.2 Å². The largest absolute Gasteiger partial charge is 0.508 e. The van der Waals surface area contributed by atoms with Crippen LogP contribution >= 0.6 is 0 Å². The molecule has 5 nitrogen and oxygen atoms in total. The number of benzene rings is 2. The van der Waals surface area contributed by atoms with Gasteiger partial charge in [0.25, 0.3) is 5.91 Å². The summed E-state index contributed by atoms with van der Waals surface area (Å²) in [4.78, 5) is 25.2. The summed E-state index contributed by atoms with van der Waals surface area (Å²) in [5.41, 5.74) is 2.48. The number of phenolic OH excluding ortho intramolecular Hbond substituents is 1. The van der Waals surface area contributed by atoms with E-state index in [1.807, 2.05) is 0 Å². The smallest absolute Gasteiger partial charge is 0.328 e. The molecule has 3 rings (SSSR count). The summed E-state index contributed by atoms with van der Waals surface area (Å²) in [6, 6.07) is 11.4. The number of carbonyl (C=O) groups excluding carboxylic acids is 1. The number of aliphatic carboxylic acids is 1. The third kappa shape index (κ3) is 2.13. The van der Waals surface area contributed by atoms with Gasteiger partial charge >= 0.3 is 5.97 Å². The van der Waals surface area contributed by atoms with Crippen LogP contribution in [0.5, 0.6) is 5.75 Å². The molecule has 22 heavy (non-hydrogen) atoms. The summed E-state index contributed by atoms with van der Waals surface area (Å²) in [6.07, 6.45) is 1.08. The Morgan fingerprint density at radius 3 is 2.45 bits per heavy atom. The lowest BCUT2D eigenvalue weighted by molar-refractivity contribution is -0.131. The molecule has 0 spiro atoms. The Labute approximate surface area is 126 Å². The molecule has 1 aliphatic rings. The minimum Gasteiger partial charge on any atom is -0.508 e. The molecule has 1 heterocycles. The van der Waals surface area contributed by atoms with Gasteiger partial charge in [-0.25, -0.2) is 4.79 Å². The maximum atomic E-state index is 12.6. The number of aromatic hydroxyl groups is 1. The van der Waals surface area contributed by atoms with Crippen molar-refractivity contribution in [3.05, 3.63) is 65.2 Å². The predicted octanol–water partition coefficient (Wildman–Crippen LogP) is 2.50. The van der Waals surface area contributed by atoms with Crippen molar-refractivity contribution in [2.24, 2.45) is 0 Å². The number of amides is 1. The maximum Gasteiger partial charge on any atom is 0.328 e. The number of phenols is 1. The van der Waals surface area contributed by atoms with Crippen LogP contribution in [-0.2, 0) is 4.79 Å². The number of hydrogen-bond donors (Lipinski definition) is 2. The number of anilines is 1. The molecule has 0 fully saturated rings. The zero-order valence-electron chi connectivity index (χ0n) is 11.8. The summed E-state index contributed by atoms with van der Waals surface area (Å²) in [5, 5.41) is 18.9. The molecule has 2 aromatic rings. The average Bonchev–Trinajstić information content (AvgIpc) is 2.58. The van der Waals surface area contributed by atoms with Crippen LogP contribution in [0.25, 0.3) is 5.57 Å². The SMILES string of the molecule is CN1C(=O)c2ccccc2/C(=C\C(=O)O)c2ccc(O)cc21. The summed E-state index contributed by atoms with van der Waals surface area (Å²) in [7, 11) is 1.60. The molecule has 0 atom stereocenters. The molecule has 0 saturated heterocycles. The Kier molecular flexibility index (Phi) is 3.18. The van der Waals surface area contributed by atoms with Gasteiger partial charge in [-0.3, -0.25) is 4.79 Å². The van der Waals surface area contributed by atoms with Crippen molar-refractivity contribution in [3.63, 3.8) is 0 Å². The Hall–Kier alpha value is -3.08. The Bertz CT molecular complexity index is 823. The van der Waals surface area contributed by atoms with Crippen molar-refractivity contribution >= 4 is 23.1 Å². The van der Waals surface area contributed by atoms with Crippen LogP contribution < -0.4 is 4.90 Å². The molecule has 0 aromatic heterocycles. The minimum absolute atomic E-state index is 0.0130. The van der Waals surface area contributed by atoms with Gasteiger partial charge in [-0.05, 0) is 29.3 Å². The van der Waals surface area contributed by atoms with Crippen molar-refractivity contribution in [3.8, 4) is 5.75 Å². The molecule has 0 saturated carbocycles. The first-order chi connectivity index (χ1) is 10.5. The van der Waals surface area contributed by atoms with E-state index < -0.39 is 5.97 Å². The van der Waals surface area contributed by atoms with Gasteiger partial charge < -0.3 is 15.1 Å². The van der Waals surface area contributed by atoms with Crippen molar-refractivity contribution < 1.29 is 19.8 Å². The summed E-state index contributed by atoms with van der Waals surface area (Å²) in [6.45, 7) is 0. The lowest BCUT2D eigenvalue weighted by atomic mass is 9.94. The normalized spacial score (nSPS) is 15.2. The van der Waals surface area contributed by atoms with Crippen molar-refractivity contribution in [1.29, 1.82) is 0 Å². The topological polar surface area (TPSA) is 77.8 Å². The first-order valence-corrected chi connectivity index (χ1v) is 6.64. The highest BCUT2D eigenvalue weighted by Gasteiger charge is 2.27. The Morgan fingerprint density at radius 2 is 1.77 bits per heavy atom. The molecule has 1 amide bonds. The average molecular weight is 295 g/mol. The van der Waals surface area contributed by atoms with E-state index in [9.17, 15) is 19.8 Å². The molecular formula is C17H13NO4. The van der Waals surface area contributed by atoms with E-state index in [1.54, 1.807) is 37.4 Å². The summed E-state index contributed by atoms with van der Waals surface area (Å²) >= 11 is 0. The van der Waals surface area contributed by atoms with Gasteiger partial charge in [0.15, 0.2) is 0 Å². The monoisotopic (exact) mass is 295 g/mol. The van der Waals surface area contributed by atoms with E-state index in [4.69, 9.17) is 0 Å². The van der Waals surface area contributed by atoms with Gasteiger partial charge in [0.1, 0.15) is 5.75 Å². The molecule has 5 heteroatoms. The number of rotatable bonds is 1. The molecular weight excluding hydrogens is 282 g/mol. The molecule has 1 aliphatic heterocycles. The van der Waals surface area contributed by atoms with Crippen molar-refractivity contribution in [1.82, 2.24) is 0 Å². The highest BCUT2D eigenvalue weighted by molar-refractivity contribution is 6.15. The van der Waals surface area contributed by atoms with Crippen LogP contribution in [0.4, 0.5) is 5.69 Å². The van der Waals surface area contributed by atoms with Crippen molar-refractivity contribution in [2.45, 2.75) is 0 Å². The van der Waals surface area contributed by atoms with Crippen LogP contribution in [0.1, 0.15) is 21.5 Å². The number of hydrogen-bond acceptors (Lipinski definition) is 3. The van der Waals surface area contributed by atoms with Gasteiger partial charge in [-0.2, -0.15) is 0 Å². The highest BCUT2D eigenvalue weighted by atomic mass is 16.4. The Morgan fingerprint density at radius 1 is 1.09 bits per heavy atom. The Balaban J connectivity index is 2.40. The minimum atomic E-state index is -1.10. The van der Waals surface area contributed by atoms with Gasteiger partial charge in [0, 0.05) is 30.3 Å². The van der Waals surface area contributed by atoms with Crippen LogP contribution in [0.15, 0.2) is 48.5 Å². The lowest BCUT2D eigenvalue weighted by Crippen LogP contribution is -2.26. The molecule has 0 bridgehead atoms. The van der Waals surface area contributed by atoms with Crippen LogP contribution in [0, 0.1) is 0 Å². The summed E-state index contributed by atoms with van der Waals surface area (Å²) in [5.74, 6) is -1.34. The first kappa shape index (κ1) is 13.9. The highest BCUT2D eigenvalue weighted by Crippen LogP contribution is 2.38. The molecule has 110 valence electrons. The molecule has 2 N–H and O–H groups in total. The van der Waals surface area contributed by atoms with E-state index in [1.165, 1.54) is 17.0 Å². The van der Waals surface area contributed by atoms with E-state index in [2.05, 4.69) is 0 Å². The third-order valence-corrected chi connectivity index (χ3v) is 3.65. The number of carboxylic acid groups (broad SMARTS) is 1. The molecule has 0 aliphatic carbocycles. The molecule has 0 radical (unpaired) electrons. The quantitative estimate of drug-likeness (QED) is 0.792. The number of nitrogens with zero attached hydrogens (tertiary/aromatic N) is 1. The van der Waals surface area contributed by atoms with Gasteiger partial charge in [-0.15, -0.1) is 0 Å². The number of carboxylic acids is 1. The first-order valence-electron chi connectivity index (χ1n) is 6.64. The molecule has 0 unspecified atom stereocenters. The van der Waals surface area contributed by atoms with Crippen LogP contribution in [0.3, 0.4) is 0 Å². The summed E-state index contributed by atoms with van der Waals surface area (Å²) < 4.78 is 0. The second kappa shape index (κ2) is 5.04. The second-order valence-corrected chi connectivity index (χ2v) is 5.01. The van der Waals surface area contributed by atoms with E-state index in [0.29, 0.717) is 28.0 Å². The fourth-order valence-electron chi connectivity index (χ4n) is 2.64. The predicted molar refractivity (Wildman–Crippen MR) is 82.0 cm³/mol. The van der Waals surface area contributed by atoms with Gasteiger partial charge in [0.05, 0.1) is 5.69 Å².